The number of hydrogen-bond acceptors (Lipinski definition) is 9. The van der Waals surface area contributed by atoms with Crippen LogP contribution in [0, 0.1) is 11.8 Å². The van der Waals surface area contributed by atoms with Gasteiger partial charge in [0.2, 0.25) is 12.0 Å². The van der Waals surface area contributed by atoms with Gasteiger partial charge in [0.05, 0.1) is 49.6 Å². The van der Waals surface area contributed by atoms with Crippen LogP contribution in [0.25, 0.3) is 22.1 Å². The SMILES string of the molecule is CCCNC(=O)c1cc2nc(Cc3c(Cl)ccc(CCC(=O)c4cccc[n+]4O)c3Cl)n(C)c2cc1N1CCC(C)CC1.CCCNC(=O)c1cc2nc(Cc3c(Cl)ccc(CN)c3Cl)n(C)c2cc1N1CCC(C)CC1. The highest BCUT2D eigenvalue weighted by atomic mass is 35.5. The minimum Gasteiger partial charge on any atom is -0.371 e. The number of piperidine rings is 2. The van der Waals surface area contributed by atoms with Gasteiger partial charge in [-0.15, -0.1) is 0 Å². The molecule has 2 amide bonds. The molecule has 77 heavy (non-hydrogen) atoms. The van der Waals surface area contributed by atoms with Crippen molar-refractivity contribution >= 4 is 97.4 Å². The summed E-state index contributed by atoms with van der Waals surface area (Å²) in [5, 5.41) is 18.3. The van der Waals surface area contributed by atoms with E-state index in [-0.39, 0.29) is 29.7 Å². The fraction of sp³-hybridized carbons (Fsp3) is 0.424. The first-order valence-electron chi connectivity index (χ1n) is 26.9. The van der Waals surface area contributed by atoms with E-state index in [0.29, 0.717) is 81.9 Å². The number of imidazole rings is 2. The second-order valence-electron chi connectivity index (χ2n) is 20.7. The highest BCUT2D eigenvalue weighted by Gasteiger charge is 2.27. The molecule has 4 aromatic carbocycles. The van der Waals surface area contributed by atoms with Crippen molar-refractivity contribution in [2.45, 2.75) is 98.4 Å². The summed E-state index contributed by atoms with van der Waals surface area (Å²) in [5.41, 5.74) is 15.9. The van der Waals surface area contributed by atoms with E-state index in [4.69, 9.17) is 62.1 Å². The third-order valence-corrected chi connectivity index (χ3v) is 16.8. The molecule has 5 heterocycles. The van der Waals surface area contributed by atoms with Gasteiger partial charge >= 0.3 is 0 Å². The number of benzene rings is 4. The number of ketones is 1. The summed E-state index contributed by atoms with van der Waals surface area (Å²) in [7, 11) is 3.97. The van der Waals surface area contributed by atoms with E-state index < -0.39 is 0 Å². The number of rotatable bonds is 17. The fourth-order valence-electron chi connectivity index (χ4n) is 10.2. The Morgan fingerprint density at radius 2 is 1.13 bits per heavy atom. The number of pyridine rings is 1. The second kappa shape index (κ2) is 25.7. The lowest BCUT2D eigenvalue weighted by Crippen LogP contribution is -2.37. The molecule has 2 aliphatic rings. The number of nitrogens with zero attached hydrogens (tertiary/aromatic N) is 7. The third-order valence-electron chi connectivity index (χ3n) is 15.2. The van der Waals surface area contributed by atoms with Crippen LogP contribution in [0.2, 0.25) is 20.1 Å². The molecule has 0 bridgehead atoms. The summed E-state index contributed by atoms with van der Waals surface area (Å²) in [6.45, 7) is 14.0. The van der Waals surface area contributed by atoms with Crippen LogP contribution >= 0.6 is 46.4 Å². The molecule has 3 aromatic heterocycles. The van der Waals surface area contributed by atoms with Crippen LogP contribution in [0.5, 0.6) is 0 Å². The smallest absolute Gasteiger partial charge is 0.299 e. The fourth-order valence-corrected chi connectivity index (χ4v) is 11.4. The van der Waals surface area contributed by atoms with Crippen molar-refractivity contribution in [1.29, 1.82) is 0 Å². The molecule has 2 saturated heterocycles. The van der Waals surface area contributed by atoms with Crippen LogP contribution < -0.4 is 30.9 Å². The zero-order valence-electron chi connectivity index (χ0n) is 45.0. The number of amides is 2. The van der Waals surface area contributed by atoms with Gasteiger partial charge in [-0.1, -0.05) is 86.2 Å². The number of carbonyl (C=O) groups is 3. The standard InChI is InChI=1S/C33H37Cl2N5O3.C26H33Cl2N5O/c1-4-14-36-33(42)24-18-26-29(20-28(24)39-16-12-21(2)13-17-39)38(3)31(37-26)19-23-25(34)10-8-22(32(23)35)9-11-30(41)27-7-5-6-15-40(27)43;1-4-9-30-26(34)19-12-21-23(14-22(19)33-10-7-16(2)8-11-33)32(3)24(31-21)13-18-20(27)6-5-17(15-29)25(18)28/h5-8,10,15,18,20-21H,4,9,11-14,16-17,19H2,1-3H3,(H-,36,41,42,43);5-6,12,14,16H,4,7-11,13,15,29H2,1-3H3,(H,30,34)/p+1. The van der Waals surface area contributed by atoms with Crippen LogP contribution in [0.3, 0.4) is 0 Å². The topological polar surface area (TPSA) is 168 Å². The van der Waals surface area contributed by atoms with E-state index in [1.54, 1.807) is 24.3 Å². The molecule has 0 radical (unpaired) electrons. The molecule has 18 heteroatoms. The molecular weight excluding hydrogens is 1050 g/mol. The molecule has 14 nitrogen and oxygen atoms in total. The number of nitrogens with two attached hydrogens (primary N) is 1. The van der Waals surface area contributed by atoms with Gasteiger partial charge in [-0.2, -0.15) is 0 Å². The number of hydrogen-bond donors (Lipinski definition) is 4. The summed E-state index contributed by atoms with van der Waals surface area (Å²) in [4.78, 5) is 53.6. The predicted octanol–water partition coefficient (Wildman–Crippen LogP) is 11.5. The average molecular weight is 1130 g/mol. The Hall–Kier alpha value is -5.90. The number of aromatic nitrogens is 5. The van der Waals surface area contributed by atoms with E-state index in [0.717, 1.165) is 137 Å². The van der Waals surface area contributed by atoms with Crippen LogP contribution in [-0.4, -0.2) is 81.2 Å². The first-order valence-corrected chi connectivity index (χ1v) is 28.4. The number of fused-ring (bicyclic) bond motifs is 2. The van der Waals surface area contributed by atoms with Gasteiger partial charge in [0.25, 0.3) is 17.5 Å². The number of carbonyl (C=O) groups excluding carboxylic acids is 3. The minimum absolute atomic E-state index is 0.0497. The first kappa shape index (κ1) is 57.3. The number of aryl methyl sites for hydroxylation is 3. The lowest BCUT2D eigenvalue weighted by molar-refractivity contribution is -0.905. The average Bonchev–Trinajstić information content (AvgIpc) is 3.98. The van der Waals surface area contributed by atoms with Crippen LogP contribution in [-0.2, 0) is 39.9 Å². The third kappa shape index (κ3) is 13.0. The van der Waals surface area contributed by atoms with Crippen molar-refractivity contribution in [1.82, 2.24) is 29.7 Å². The van der Waals surface area contributed by atoms with Crippen LogP contribution in [0.1, 0.15) is 138 Å². The molecule has 0 unspecified atom stereocenters. The minimum atomic E-state index is -0.191. The summed E-state index contributed by atoms with van der Waals surface area (Å²) in [6, 6.07) is 20.3. The number of nitrogens with one attached hydrogen (secondary N) is 2. The van der Waals surface area contributed by atoms with Crippen molar-refractivity contribution in [3.8, 4) is 0 Å². The van der Waals surface area contributed by atoms with Crippen LogP contribution in [0.15, 0.2) is 72.9 Å². The molecule has 0 saturated carbocycles. The molecule has 0 aliphatic carbocycles. The van der Waals surface area contributed by atoms with Gasteiger partial charge in [0.15, 0.2) is 0 Å². The Bertz CT molecular complexity index is 3290. The number of anilines is 2. The van der Waals surface area contributed by atoms with Crippen molar-refractivity contribution in [3.05, 3.63) is 144 Å². The van der Waals surface area contributed by atoms with Crippen molar-refractivity contribution in [2.24, 2.45) is 31.7 Å². The van der Waals surface area contributed by atoms with Gasteiger partial charge in [-0.3, -0.25) is 19.6 Å². The lowest BCUT2D eigenvalue weighted by Gasteiger charge is -2.33. The van der Waals surface area contributed by atoms with Crippen molar-refractivity contribution in [2.75, 3.05) is 49.1 Å². The zero-order chi connectivity index (χ0) is 55.1. The molecular formula is C59H71Cl4N10O4+. The van der Waals surface area contributed by atoms with Crippen LogP contribution in [0.4, 0.5) is 11.4 Å². The quantitative estimate of drug-likeness (QED) is 0.0394. The summed E-state index contributed by atoms with van der Waals surface area (Å²) < 4.78 is 4.94. The molecule has 7 aromatic rings. The van der Waals surface area contributed by atoms with E-state index in [1.807, 2.05) is 55.9 Å². The van der Waals surface area contributed by atoms with Gasteiger partial charge in [-0.25, -0.2) is 9.97 Å². The lowest BCUT2D eigenvalue weighted by atomic mass is 9.97. The first-order chi connectivity index (χ1) is 37.0. The Labute approximate surface area is 471 Å². The van der Waals surface area contributed by atoms with Gasteiger partial charge < -0.3 is 35.3 Å². The van der Waals surface area contributed by atoms with Crippen molar-refractivity contribution in [3.63, 3.8) is 0 Å². The molecule has 9 rings (SSSR count). The monoisotopic (exact) mass is 1120 g/mol. The highest BCUT2D eigenvalue weighted by molar-refractivity contribution is 6.37. The molecule has 2 fully saturated rings. The number of Topliss-reactive ketones (excluding diaryl/α,β-unsaturated/α-hetero) is 1. The maximum Gasteiger partial charge on any atom is 0.299 e. The molecule has 5 N–H and O–H groups in total. The van der Waals surface area contributed by atoms with Gasteiger partial charge in [-0.05, 0) is 121 Å². The molecule has 0 spiro atoms. The largest absolute Gasteiger partial charge is 0.371 e. The Morgan fingerprint density at radius 3 is 1.57 bits per heavy atom. The van der Waals surface area contributed by atoms with Crippen molar-refractivity contribution < 1.29 is 24.3 Å². The summed E-state index contributed by atoms with van der Waals surface area (Å²) >= 11 is 26.6. The predicted molar refractivity (Wildman–Crippen MR) is 311 cm³/mol. The summed E-state index contributed by atoms with van der Waals surface area (Å²) in [5.74, 6) is 2.65. The van der Waals surface area contributed by atoms with E-state index in [2.05, 4.69) is 57.9 Å². The highest BCUT2D eigenvalue weighted by Crippen LogP contribution is 2.37. The molecule has 2 aliphatic heterocycles. The van der Waals surface area contributed by atoms with E-state index in [9.17, 15) is 19.6 Å². The Morgan fingerprint density at radius 1 is 0.675 bits per heavy atom. The summed E-state index contributed by atoms with van der Waals surface area (Å²) in [6.07, 6.45) is 9.04. The van der Waals surface area contributed by atoms with E-state index >= 15 is 0 Å². The second-order valence-corrected chi connectivity index (χ2v) is 22.2. The number of halogens is 4. The normalized spacial score (nSPS) is 14.3. The van der Waals surface area contributed by atoms with E-state index in [1.165, 1.54) is 6.20 Å². The zero-order valence-corrected chi connectivity index (χ0v) is 48.0. The maximum atomic E-state index is 13.3. The molecule has 0 atom stereocenters. The molecule has 408 valence electrons. The Kier molecular flexibility index (Phi) is 19.1. The maximum absolute atomic E-state index is 13.3. The Balaban J connectivity index is 0.000000209. The van der Waals surface area contributed by atoms with Gasteiger partial charge in [0, 0.05) is 111 Å². The van der Waals surface area contributed by atoms with Gasteiger partial charge in [0.1, 0.15) is 11.6 Å².